The first kappa shape index (κ1) is 24.4. The van der Waals surface area contributed by atoms with Gasteiger partial charge in [0, 0.05) is 48.9 Å². The summed E-state index contributed by atoms with van der Waals surface area (Å²) in [5.41, 5.74) is 3.25. The van der Waals surface area contributed by atoms with Gasteiger partial charge < -0.3 is 14.4 Å². The Hall–Kier alpha value is -3.95. The highest BCUT2D eigenvalue weighted by Crippen LogP contribution is 2.59. The maximum absolute atomic E-state index is 13.3. The Balaban J connectivity index is 1.05. The number of fused-ring (bicyclic) bond motifs is 1. The lowest BCUT2D eigenvalue weighted by atomic mass is 10.0. The third kappa shape index (κ3) is 4.70. The molecule has 1 aliphatic heterocycles. The Morgan fingerprint density at radius 1 is 1.05 bits per heavy atom. The zero-order chi connectivity index (χ0) is 26.3. The number of carbonyl (C=O) groups is 1. The summed E-state index contributed by atoms with van der Waals surface area (Å²) in [7, 11) is 0. The number of benzene rings is 1. The molecule has 196 valence electrons. The zero-order valence-electron chi connectivity index (χ0n) is 20.6. The lowest BCUT2D eigenvalue weighted by molar-refractivity contribution is -0.165. The van der Waals surface area contributed by atoms with Gasteiger partial charge in [0.25, 0.3) is 0 Å². The SMILES string of the molecule is O=C(Cc1ccc(-c2cnc(Cc3ccn4c3CCCC4)nc2)cc1)Nc1cc(C2(C(F)(F)F)CC2)on1. The number of halogens is 3. The van der Waals surface area contributed by atoms with Crippen molar-refractivity contribution in [3.63, 3.8) is 0 Å². The minimum absolute atomic E-state index is 0.0183. The van der Waals surface area contributed by atoms with E-state index in [1.807, 2.05) is 36.7 Å². The van der Waals surface area contributed by atoms with Gasteiger partial charge in [-0.3, -0.25) is 4.79 Å². The van der Waals surface area contributed by atoms with Crippen LogP contribution in [-0.2, 0) is 36.0 Å². The summed E-state index contributed by atoms with van der Waals surface area (Å²) in [4.78, 5) is 21.6. The summed E-state index contributed by atoms with van der Waals surface area (Å²) in [5.74, 6) is 0.108. The van der Waals surface area contributed by atoms with Gasteiger partial charge >= 0.3 is 6.18 Å². The van der Waals surface area contributed by atoms with Gasteiger partial charge in [0.1, 0.15) is 11.2 Å². The molecular weight excluding hydrogens is 495 g/mol. The molecule has 4 heterocycles. The molecule has 10 heteroatoms. The average molecular weight is 522 g/mol. The number of nitrogens with one attached hydrogen (secondary N) is 1. The monoisotopic (exact) mass is 521 g/mol. The maximum atomic E-state index is 13.3. The zero-order valence-corrected chi connectivity index (χ0v) is 20.6. The van der Waals surface area contributed by atoms with Crippen LogP contribution in [-0.4, -0.2) is 31.8 Å². The molecule has 0 saturated heterocycles. The van der Waals surface area contributed by atoms with Crippen LogP contribution in [0.1, 0.15) is 54.1 Å². The number of hydrogen-bond acceptors (Lipinski definition) is 5. The van der Waals surface area contributed by atoms with Gasteiger partial charge in [-0.1, -0.05) is 29.4 Å². The Morgan fingerprint density at radius 3 is 2.53 bits per heavy atom. The van der Waals surface area contributed by atoms with E-state index in [2.05, 4.69) is 37.3 Å². The predicted molar refractivity (Wildman–Crippen MR) is 133 cm³/mol. The Bertz CT molecular complexity index is 1450. The minimum atomic E-state index is -4.40. The van der Waals surface area contributed by atoms with Crippen LogP contribution in [0, 0.1) is 0 Å². The first-order valence-electron chi connectivity index (χ1n) is 12.7. The van der Waals surface area contributed by atoms with Gasteiger partial charge in [0.05, 0.1) is 6.42 Å². The largest absolute Gasteiger partial charge is 0.401 e. The molecule has 1 aliphatic carbocycles. The molecule has 7 nitrogen and oxygen atoms in total. The summed E-state index contributed by atoms with van der Waals surface area (Å²) < 4.78 is 47.0. The van der Waals surface area contributed by atoms with Gasteiger partial charge in [-0.15, -0.1) is 0 Å². The molecule has 0 unspecified atom stereocenters. The van der Waals surface area contributed by atoms with E-state index < -0.39 is 17.5 Å². The van der Waals surface area contributed by atoms with Crippen LogP contribution in [0.4, 0.5) is 19.0 Å². The second kappa shape index (κ2) is 9.41. The Morgan fingerprint density at radius 2 is 1.82 bits per heavy atom. The fourth-order valence-electron chi connectivity index (χ4n) is 5.11. The van der Waals surface area contributed by atoms with E-state index >= 15 is 0 Å². The number of aromatic nitrogens is 4. The quantitative estimate of drug-likeness (QED) is 0.340. The van der Waals surface area contributed by atoms with Gasteiger partial charge in [-0.05, 0) is 54.9 Å². The predicted octanol–water partition coefficient (Wildman–Crippen LogP) is 5.64. The summed E-state index contributed by atoms with van der Waals surface area (Å²) in [6.07, 6.45) is 5.60. The number of aryl methyl sites for hydroxylation is 1. The molecule has 0 spiro atoms. The minimum Gasteiger partial charge on any atom is -0.358 e. The third-order valence-electron chi connectivity index (χ3n) is 7.48. The molecular formula is C28H26F3N5O2. The Kier molecular flexibility index (Phi) is 6.04. The standard InChI is InChI=1S/C28H26F3N5O2/c29-28(30,31)27(9-10-27)23-15-25(35-38-23)34-26(37)13-18-4-6-19(7-5-18)21-16-32-24(33-17-21)14-20-8-12-36-11-2-1-3-22(20)36/h4-8,12,15-17H,1-3,9-11,13-14H2,(H,34,35,37). The molecule has 4 aromatic rings. The van der Waals surface area contributed by atoms with E-state index in [1.54, 1.807) is 0 Å². The number of hydrogen-bond donors (Lipinski definition) is 1. The highest BCUT2D eigenvalue weighted by molar-refractivity contribution is 5.91. The first-order chi connectivity index (χ1) is 18.3. The van der Waals surface area contributed by atoms with Crippen LogP contribution in [0.25, 0.3) is 11.1 Å². The van der Waals surface area contributed by atoms with Crippen LogP contribution < -0.4 is 5.32 Å². The summed E-state index contributed by atoms with van der Waals surface area (Å²) in [6, 6.07) is 10.8. The topological polar surface area (TPSA) is 85.8 Å². The van der Waals surface area contributed by atoms with E-state index in [0.717, 1.165) is 41.5 Å². The summed E-state index contributed by atoms with van der Waals surface area (Å²) in [6.45, 7) is 1.08. The van der Waals surface area contributed by atoms with Crippen LogP contribution in [0.15, 0.2) is 59.5 Å². The van der Waals surface area contributed by atoms with Crippen molar-refractivity contribution in [2.24, 2.45) is 0 Å². The van der Waals surface area contributed by atoms with Gasteiger partial charge in [0.2, 0.25) is 5.91 Å². The van der Waals surface area contributed by atoms with E-state index in [1.165, 1.54) is 24.1 Å². The number of anilines is 1. The second-order valence-electron chi connectivity index (χ2n) is 10.1. The van der Waals surface area contributed by atoms with Crippen molar-refractivity contribution in [3.05, 3.63) is 83.4 Å². The lowest BCUT2D eigenvalue weighted by Gasteiger charge is -2.16. The van der Waals surface area contributed by atoms with Crippen molar-refractivity contribution in [1.29, 1.82) is 0 Å². The molecule has 0 radical (unpaired) electrons. The number of amides is 1. The van der Waals surface area contributed by atoms with Crippen LogP contribution in [0.2, 0.25) is 0 Å². The third-order valence-corrected chi connectivity index (χ3v) is 7.48. The molecule has 3 aromatic heterocycles. The van der Waals surface area contributed by atoms with Crippen LogP contribution in [0.3, 0.4) is 0 Å². The number of carbonyl (C=O) groups excluding carboxylic acids is 1. The van der Waals surface area contributed by atoms with Crippen molar-refractivity contribution < 1.29 is 22.5 Å². The molecule has 1 amide bonds. The van der Waals surface area contributed by atoms with E-state index in [0.29, 0.717) is 6.42 Å². The van der Waals surface area contributed by atoms with E-state index in [9.17, 15) is 18.0 Å². The molecule has 1 aromatic carbocycles. The second-order valence-corrected chi connectivity index (χ2v) is 10.1. The first-order valence-corrected chi connectivity index (χ1v) is 12.7. The summed E-state index contributed by atoms with van der Waals surface area (Å²) >= 11 is 0. The normalized spacial score (nSPS) is 16.2. The molecule has 0 bridgehead atoms. The Labute approximate surface area is 217 Å². The highest BCUT2D eigenvalue weighted by atomic mass is 19.4. The average Bonchev–Trinajstić information content (AvgIpc) is 3.46. The fraction of sp³-hybridized carbons (Fsp3) is 0.357. The van der Waals surface area contributed by atoms with Crippen molar-refractivity contribution in [2.75, 3.05) is 5.32 Å². The van der Waals surface area contributed by atoms with Crippen LogP contribution >= 0.6 is 0 Å². The van der Waals surface area contributed by atoms with E-state index in [4.69, 9.17) is 4.52 Å². The smallest absolute Gasteiger partial charge is 0.358 e. The highest BCUT2D eigenvalue weighted by Gasteiger charge is 2.66. The van der Waals surface area contributed by atoms with Crippen LogP contribution in [0.5, 0.6) is 0 Å². The van der Waals surface area contributed by atoms with Crippen molar-refractivity contribution in [1.82, 2.24) is 19.7 Å². The maximum Gasteiger partial charge on any atom is 0.401 e. The number of nitrogens with zero attached hydrogens (tertiary/aromatic N) is 4. The summed E-state index contributed by atoms with van der Waals surface area (Å²) in [5, 5.41) is 6.12. The van der Waals surface area contributed by atoms with Crippen molar-refractivity contribution in [3.8, 4) is 11.1 Å². The molecule has 1 saturated carbocycles. The molecule has 2 aliphatic rings. The number of rotatable bonds is 7. The van der Waals surface area contributed by atoms with Crippen molar-refractivity contribution in [2.45, 2.75) is 63.1 Å². The molecule has 6 rings (SSSR count). The van der Waals surface area contributed by atoms with Gasteiger partial charge in [-0.25, -0.2) is 9.97 Å². The lowest BCUT2D eigenvalue weighted by Crippen LogP contribution is -2.28. The fourth-order valence-corrected chi connectivity index (χ4v) is 5.11. The molecule has 38 heavy (non-hydrogen) atoms. The van der Waals surface area contributed by atoms with Gasteiger partial charge in [0.15, 0.2) is 11.6 Å². The van der Waals surface area contributed by atoms with Gasteiger partial charge in [-0.2, -0.15) is 13.2 Å². The molecule has 0 atom stereocenters. The molecule has 1 N–H and O–H groups in total. The molecule has 1 fully saturated rings. The number of alkyl halides is 3. The van der Waals surface area contributed by atoms with E-state index in [-0.39, 0.29) is 30.8 Å². The van der Waals surface area contributed by atoms with Crippen molar-refractivity contribution >= 4 is 11.7 Å².